The van der Waals surface area contributed by atoms with Gasteiger partial charge in [-0.1, -0.05) is 35.3 Å². The average molecular weight is 391 g/mol. The van der Waals surface area contributed by atoms with Crippen LogP contribution in [0.3, 0.4) is 0 Å². The number of ether oxygens (including phenoxy) is 1. The van der Waals surface area contributed by atoms with E-state index in [2.05, 4.69) is 15.5 Å². The van der Waals surface area contributed by atoms with E-state index in [4.69, 9.17) is 27.9 Å². The van der Waals surface area contributed by atoms with Crippen molar-refractivity contribution in [2.24, 2.45) is 12.1 Å². The fourth-order valence-electron chi connectivity index (χ4n) is 2.43. The van der Waals surface area contributed by atoms with Crippen molar-refractivity contribution in [1.82, 2.24) is 15.0 Å². The number of aromatic nitrogens is 2. The fraction of sp³-hybridized carbons (Fsp3) is 0.167. The van der Waals surface area contributed by atoms with Crippen LogP contribution in [0.15, 0.2) is 47.6 Å². The number of aryl methyl sites for hydroxylation is 1. The van der Waals surface area contributed by atoms with Crippen LogP contribution in [0.25, 0.3) is 11.0 Å². The number of hydrogen-bond acceptors (Lipinski definition) is 4. The van der Waals surface area contributed by atoms with Gasteiger partial charge in [0.25, 0.3) is 5.91 Å². The van der Waals surface area contributed by atoms with Crippen molar-refractivity contribution < 1.29 is 9.53 Å². The Bertz CT molecular complexity index is 998. The number of fused-ring (bicyclic) bond motifs is 1. The molecule has 1 aromatic heterocycles. The summed E-state index contributed by atoms with van der Waals surface area (Å²) in [6.07, 6.45) is 0. The van der Waals surface area contributed by atoms with Gasteiger partial charge < -0.3 is 9.30 Å². The maximum Gasteiger partial charge on any atom is 0.277 e. The number of amides is 1. The minimum atomic E-state index is -0.408. The van der Waals surface area contributed by atoms with Gasteiger partial charge in [-0.05, 0) is 37.3 Å². The first kappa shape index (κ1) is 18.2. The molecule has 0 aliphatic heterocycles. The summed E-state index contributed by atoms with van der Waals surface area (Å²) >= 11 is 11.8. The highest BCUT2D eigenvalue weighted by atomic mass is 35.5. The second-order valence-electron chi connectivity index (χ2n) is 5.58. The van der Waals surface area contributed by atoms with Crippen molar-refractivity contribution in [3.8, 4) is 5.75 Å². The summed E-state index contributed by atoms with van der Waals surface area (Å²) in [4.78, 5) is 16.5. The number of nitrogens with zero attached hydrogens (tertiary/aromatic N) is 3. The highest BCUT2D eigenvalue weighted by Gasteiger charge is 2.11. The normalized spacial score (nSPS) is 11.6. The van der Waals surface area contributed by atoms with Crippen LogP contribution >= 0.6 is 23.2 Å². The van der Waals surface area contributed by atoms with E-state index in [0.29, 0.717) is 27.3 Å². The van der Waals surface area contributed by atoms with Gasteiger partial charge in [0.2, 0.25) is 0 Å². The third-order valence-electron chi connectivity index (χ3n) is 3.71. The van der Waals surface area contributed by atoms with Gasteiger partial charge >= 0.3 is 0 Å². The third-order valence-corrected chi connectivity index (χ3v) is 4.24. The molecule has 3 aromatic rings. The molecule has 0 unspecified atom stereocenters. The van der Waals surface area contributed by atoms with Crippen LogP contribution in [-0.4, -0.2) is 27.8 Å². The molecule has 0 saturated carbocycles. The topological polar surface area (TPSA) is 68.5 Å². The van der Waals surface area contributed by atoms with Crippen LogP contribution in [0, 0.1) is 0 Å². The molecule has 8 heteroatoms. The maximum absolute atomic E-state index is 11.9. The summed E-state index contributed by atoms with van der Waals surface area (Å²) in [5, 5.41) is 4.93. The largest absolute Gasteiger partial charge is 0.482 e. The Balaban J connectivity index is 1.64. The summed E-state index contributed by atoms with van der Waals surface area (Å²) in [5.41, 5.74) is 4.90. The van der Waals surface area contributed by atoms with E-state index >= 15 is 0 Å². The van der Waals surface area contributed by atoms with E-state index in [0.717, 1.165) is 11.0 Å². The quantitative estimate of drug-likeness (QED) is 0.531. The molecule has 1 heterocycles. The Morgan fingerprint density at radius 3 is 2.77 bits per heavy atom. The first-order valence-electron chi connectivity index (χ1n) is 7.78. The minimum absolute atomic E-state index is 0.222. The molecule has 0 atom stereocenters. The highest BCUT2D eigenvalue weighted by molar-refractivity contribution is 6.35. The van der Waals surface area contributed by atoms with Crippen LogP contribution in [0.1, 0.15) is 12.7 Å². The number of carbonyl (C=O) groups excluding carboxylic acids is 1. The van der Waals surface area contributed by atoms with Crippen molar-refractivity contribution in [2.75, 3.05) is 6.61 Å². The Morgan fingerprint density at radius 1 is 1.27 bits per heavy atom. The van der Waals surface area contributed by atoms with Gasteiger partial charge in [-0.3, -0.25) is 4.79 Å². The number of hydrogen-bond donors (Lipinski definition) is 1. The molecule has 1 N–H and O–H groups in total. The average Bonchev–Trinajstić information content (AvgIpc) is 2.96. The molecule has 6 nitrogen and oxygen atoms in total. The van der Waals surface area contributed by atoms with Gasteiger partial charge in [-0.15, -0.1) is 0 Å². The van der Waals surface area contributed by atoms with Gasteiger partial charge in [-0.2, -0.15) is 5.10 Å². The predicted octanol–water partition coefficient (Wildman–Crippen LogP) is 3.80. The van der Waals surface area contributed by atoms with Crippen molar-refractivity contribution in [3.63, 3.8) is 0 Å². The van der Waals surface area contributed by atoms with Crippen LogP contribution in [0.5, 0.6) is 5.75 Å². The minimum Gasteiger partial charge on any atom is -0.482 e. The molecule has 0 radical (unpaired) electrons. The monoisotopic (exact) mass is 390 g/mol. The summed E-state index contributed by atoms with van der Waals surface area (Å²) in [7, 11) is 1.90. The van der Waals surface area contributed by atoms with Crippen molar-refractivity contribution in [1.29, 1.82) is 0 Å². The molecule has 0 aliphatic carbocycles. The van der Waals surface area contributed by atoms with Gasteiger partial charge in [0.05, 0.1) is 16.1 Å². The SMILES string of the molecule is C/C(=N\NC(=O)COc1ccc(Cl)cc1Cl)c1nc2ccccc2n1C. The van der Waals surface area contributed by atoms with E-state index in [1.807, 2.05) is 35.9 Å². The van der Waals surface area contributed by atoms with Crippen molar-refractivity contribution in [3.05, 3.63) is 58.3 Å². The molecular formula is C18H16Cl2N4O2. The van der Waals surface area contributed by atoms with Gasteiger partial charge in [0, 0.05) is 12.1 Å². The van der Waals surface area contributed by atoms with E-state index in [1.54, 1.807) is 25.1 Å². The summed E-state index contributed by atoms with van der Waals surface area (Å²) in [6.45, 7) is 1.55. The van der Waals surface area contributed by atoms with Gasteiger partial charge in [-0.25, -0.2) is 10.4 Å². The van der Waals surface area contributed by atoms with Gasteiger partial charge in [0.1, 0.15) is 11.5 Å². The number of nitrogens with one attached hydrogen (secondary N) is 1. The molecular weight excluding hydrogens is 375 g/mol. The molecule has 0 saturated heterocycles. The van der Waals surface area contributed by atoms with E-state index < -0.39 is 5.91 Å². The molecule has 0 spiro atoms. The van der Waals surface area contributed by atoms with Crippen LogP contribution in [-0.2, 0) is 11.8 Å². The Morgan fingerprint density at radius 2 is 2.04 bits per heavy atom. The zero-order chi connectivity index (χ0) is 18.7. The van der Waals surface area contributed by atoms with E-state index in [-0.39, 0.29) is 6.61 Å². The Labute approximate surface area is 160 Å². The second-order valence-corrected chi connectivity index (χ2v) is 6.42. The lowest BCUT2D eigenvalue weighted by molar-refractivity contribution is -0.123. The molecule has 2 aromatic carbocycles. The standard InChI is InChI=1S/C18H16Cl2N4O2/c1-11(18-21-14-5-3-4-6-15(14)24(18)2)22-23-17(25)10-26-16-8-7-12(19)9-13(16)20/h3-9H,10H2,1-2H3,(H,23,25)/b22-11+. The lowest BCUT2D eigenvalue weighted by Gasteiger charge is -2.07. The number of rotatable bonds is 5. The van der Waals surface area contributed by atoms with E-state index in [9.17, 15) is 4.79 Å². The summed E-state index contributed by atoms with van der Waals surface area (Å²) in [5.74, 6) is 0.643. The van der Waals surface area contributed by atoms with E-state index in [1.165, 1.54) is 0 Å². The molecule has 1 amide bonds. The maximum atomic E-state index is 11.9. The zero-order valence-corrected chi connectivity index (χ0v) is 15.7. The van der Waals surface area contributed by atoms with Crippen molar-refractivity contribution >= 4 is 45.9 Å². The first-order chi connectivity index (χ1) is 12.5. The number of carbonyl (C=O) groups is 1. The lowest BCUT2D eigenvalue weighted by atomic mass is 10.3. The number of benzene rings is 2. The summed E-state index contributed by atoms with van der Waals surface area (Å²) < 4.78 is 7.29. The highest BCUT2D eigenvalue weighted by Crippen LogP contribution is 2.27. The Hall–Kier alpha value is -2.57. The third kappa shape index (κ3) is 3.98. The molecule has 3 rings (SSSR count). The smallest absolute Gasteiger partial charge is 0.277 e. The number of imidazole rings is 1. The zero-order valence-electron chi connectivity index (χ0n) is 14.2. The number of halogens is 2. The lowest BCUT2D eigenvalue weighted by Crippen LogP contribution is -2.26. The molecule has 0 bridgehead atoms. The van der Waals surface area contributed by atoms with Crippen LogP contribution in [0.4, 0.5) is 0 Å². The Kier molecular flexibility index (Phi) is 5.44. The molecule has 26 heavy (non-hydrogen) atoms. The summed E-state index contributed by atoms with van der Waals surface area (Å²) in [6, 6.07) is 12.6. The fourth-order valence-corrected chi connectivity index (χ4v) is 2.90. The molecule has 0 fully saturated rings. The number of hydrazone groups is 1. The van der Waals surface area contributed by atoms with Crippen molar-refractivity contribution in [2.45, 2.75) is 6.92 Å². The number of para-hydroxylation sites is 2. The van der Waals surface area contributed by atoms with Crippen LogP contribution < -0.4 is 10.2 Å². The van der Waals surface area contributed by atoms with Crippen LogP contribution in [0.2, 0.25) is 10.0 Å². The second kappa shape index (κ2) is 7.76. The molecule has 134 valence electrons. The van der Waals surface area contributed by atoms with Gasteiger partial charge in [0.15, 0.2) is 12.4 Å². The first-order valence-corrected chi connectivity index (χ1v) is 8.54. The molecule has 0 aliphatic rings. The predicted molar refractivity (Wildman–Crippen MR) is 103 cm³/mol.